The highest BCUT2D eigenvalue weighted by atomic mass is 28.4. The van der Waals surface area contributed by atoms with E-state index in [4.69, 9.17) is 9.69 Å². The molecule has 0 N–H and O–H groups in total. The van der Waals surface area contributed by atoms with Crippen molar-refractivity contribution in [3.05, 3.63) is 84.9 Å². The smallest absolute Gasteiger partial charge is 0.188 e. The molecule has 208 valence electrons. The molecule has 0 fully saturated rings. The minimum absolute atomic E-state index is 0.258. The molecule has 0 aliphatic carbocycles. The molecular formula is C32H50N2O2Si2. The van der Waals surface area contributed by atoms with Crippen molar-refractivity contribution in [2.24, 2.45) is 0 Å². The summed E-state index contributed by atoms with van der Waals surface area (Å²) >= 11 is 0. The fourth-order valence-electron chi connectivity index (χ4n) is 2.88. The molecule has 0 amide bonds. The maximum Gasteiger partial charge on any atom is 0.188 e. The summed E-state index contributed by atoms with van der Waals surface area (Å²) in [5, 5.41) is 17.8. The number of carbonyl (C=O) groups excluding carboxylic acids is 1. The van der Waals surface area contributed by atoms with E-state index in [1.165, 1.54) is 11.1 Å². The van der Waals surface area contributed by atoms with Crippen molar-refractivity contribution >= 4 is 22.2 Å². The zero-order valence-electron chi connectivity index (χ0n) is 25.1. The number of benzene rings is 2. The van der Waals surface area contributed by atoms with E-state index in [1.54, 1.807) is 6.92 Å². The van der Waals surface area contributed by atoms with Gasteiger partial charge in [0, 0.05) is 12.1 Å². The Balaban J connectivity index is 0. The lowest BCUT2D eigenvalue weighted by molar-refractivity contribution is -0.116. The molecule has 2 aromatic carbocycles. The molecule has 0 aliphatic heterocycles. The van der Waals surface area contributed by atoms with E-state index in [1.807, 2.05) is 55.5 Å². The molecule has 0 aromatic heterocycles. The van der Waals surface area contributed by atoms with Gasteiger partial charge in [0.2, 0.25) is 0 Å². The van der Waals surface area contributed by atoms with Gasteiger partial charge >= 0.3 is 0 Å². The van der Waals surface area contributed by atoms with Crippen LogP contribution in [0, 0.1) is 22.3 Å². The number of rotatable bonds is 10. The van der Waals surface area contributed by atoms with Crippen molar-refractivity contribution in [3.8, 4) is 11.8 Å². The highest BCUT2D eigenvalue weighted by Gasteiger charge is 2.33. The van der Waals surface area contributed by atoms with Crippen LogP contribution in [0.5, 0.6) is 0 Å². The van der Waals surface area contributed by atoms with Crippen LogP contribution in [0.3, 0.4) is 0 Å². The van der Waals surface area contributed by atoms with Crippen LogP contribution in [0.15, 0.2) is 73.8 Å². The van der Waals surface area contributed by atoms with E-state index >= 15 is 0 Å². The lowest BCUT2D eigenvalue weighted by Crippen LogP contribution is -2.41. The van der Waals surface area contributed by atoms with Crippen LogP contribution in [0.4, 0.5) is 0 Å². The largest absolute Gasteiger partial charge is 0.400 e. The molecule has 0 heterocycles. The molecule has 4 nitrogen and oxygen atoms in total. The van der Waals surface area contributed by atoms with Crippen LogP contribution in [0.2, 0.25) is 38.3 Å². The Kier molecular flexibility index (Phi) is 19.9. The number of nitriles is 2. The molecule has 0 radical (unpaired) electrons. The number of nitrogens with zero attached hydrogens (tertiary/aromatic N) is 2. The lowest BCUT2D eigenvalue weighted by Gasteiger charge is -2.32. The number of ketones is 1. The average molecular weight is 551 g/mol. The van der Waals surface area contributed by atoms with E-state index in [-0.39, 0.29) is 5.78 Å². The van der Waals surface area contributed by atoms with Gasteiger partial charge in [-0.25, -0.2) is 5.26 Å². The van der Waals surface area contributed by atoms with E-state index < -0.39 is 22.0 Å². The van der Waals surface area contributed by atoms with Crippen LogP contribution in [0.1, 0.15) is 51.7 Å². The van der Waals surface area contributed by atoms with Crippen molar-refractivity contribution in [3.63, 3.8) is 0 Å². The normalized spacial score (nSPS) is 11.8. The van der Waals surface area contributed by atoms with Gasteiger partial charge in [-0.05, 0) is 69.4 Å². The second-order valence-corrected chi connectivity index (χ2v) is 19.7. The SMILES string of the molecule is C=C.CC(=O)CCc1ccccc1.CC[Si](C)(C)C#N.CC[Si](C)(C)OC(C)(C#N)CCc1ccccc1. The number of aryl methyl sites for hydroxylation is 2. The molecule has 0 saturated carbocycles. The number of Topliss-reactive ketones (excluding diaryl/α,β-unsaturated/α-hetero) is 1. The van der Waals surface area contributed by atoms with Crippen LogP contribution in [0.25, 0.3) is 0 Å². The Morgan fingerprint density at radius 3 is 1.63 bits per heavy atom. The van der Waals surface area contributed by atoms with Gasteiger partial charge in [0.05, 0.1) is 6.07 Å². The zero-order chi connectivity index (χ0) is 29.7. The standard InChI is InChI=1S/C15H23NOSi.C10H12O.C5H11NSi.C2H4/c1-5-18(3,4)17-15(2,13-16)12-11-14-9-7-6-8-10-14;1-9(11)7-8-10-5-3-2-4-6-10;1-4-7(2,3)5-6;1-2/h6-10H,5,11-12H2,1-4H3;2-6H,7-8H2,1H3;4H2,1-3H3;1-2H2. The first-order chi connectivity index (χ1) is 17.8. The Labute approximate surface area is 235 Å². The first-order valence-electron chi connectivity index (χ1n) is 13.4. The Bertz CT molecular complexity index is 980. The summed E-state index contributed by atoms with van der Waals surface area (Å²) in [5.41, 5.74) is 4.18. The molecule has 6 heteroatoms. The summed E-state index contributed by atoms with van der Waals surface area (Å²) in [6, 6.07) is 24.8. The van der Waals surface area contributed by atoms with Gasteiger partial charge in [-0.1, -0.05) is 87.6 Å². The fraction of sp³-hybridized carbons (Fsp3) is 0.469. The van der Waals surface area contributed by atoms with E-state index in [0.717, 1.165) is 31.4 Å². The van der Waals surface area contributed by atoms with Crippen LogP contribution >= 0.6 is 0 Å². The van der Waals surface area contributed by atoms with Crippen molar-refractivity contribution < 1.29 is 9.22 Å². The number of carbonyl (C=O) groups is 1. The molecule has 2 aromatic rings. The summed E-state index contributed by atoms with van der Waals surface area (Å²) in [6.45, 7) is 22.3. The molecule has 0 saturated heterocycles. The lowest BCUT2D eigenvalue weighted by atomic mass is 9.98. The molecule has 0 aliphatic rings. The summed E-state index contributed by atoms with van der Waals surface area (Å²) in [7, 11) is -3.04. The summed E-state index contributed by atoms with van der Waals surface area (Å²) < 4.78 is 6.12. The Morgan fingerprint density at radius 1 is 0.868 bits per heavy atom. The molecule has 0 spiro atoms. The second-order valence-electron chi connectivity index (χ2n) is 10.6. The zero-order valence-corrected chi connectivity index (χ0v) is 27.1. The summed E-state index contributed by atoms with van der Waals surface area (Å²) in [5.74, 6) is 0.258. The average Bonchev–Trinajstić information content (AvgIpc) is 2.93. The van der Waals surface area contributed by atoms with Crippen molar-refractivity contribution in [1.29, 1.82) is 10.5 Å². The van der Waals surface area contributed by atoms with E-state index in [0.29, 0.717) is 6.42 Å². The first-order valence-corrected chi connectivity index (χ1v) is 19.7. The van der Waals surface area contributed by atoms with Gasteiger partial charge in [0.25, 0.3) is 0 Å². The van der Waals surface area contributed by atoms with Crippen molar-refractivity contribution in [2.75, 3.05) is 0 Å². The third-order valence-corrected chi connectivity index (χ3v) is 11.2. The number of hydrogen-bond donors (Lipinski definition) is 0. The molecule has 1 atom stereocenters. The van der Waals surface area contributed by atoms with Gasteiger partial charge in [-0.15, -0.1) is 13.2 Å². The number of hydrogen-bond acceptors (Lipinski definition) is 4. The maximum absolute atomic E-state index is 10.6. The topological polar surface area (TPSA) is 73.9 Å². The quantitative estimate of drug-likeness (QED) is 0.219. The fourth-order valence-corrected chi connectivity index (χ4v) is 4.55. The van der Waals surface area contributed by atoms with Gasteiger partial charge < -0.3 is 9.22 Å². The highest BCUT2D eigenvalue weighted by Crippen LogP contribution is 2.25. The first kappa shape index (κ1) is 37.4. The van der Waals surface area contributed by atoms with Gasteiger partial charge in [-0.3, -0.25) is 0 Å². The molecule has 38 heavy (non-hydrogen) atoms. The minimum Gasteiger partial charge on any atom is -0.400 e. The molecule has 1 unspecified atom stereocenters. The second kappa shape index (κ2) is 20.2. The van der Waals surface area contributed by atoms with Crippen LogP contribution in [-0.4, -0.2) is 27.8 Å². The third kappa shape index (κ3) is 19.4. The van der Waals surface area contributed by atoms with Crippen molar-refractivity contribution in [1.82, 2.24) is 0 Å². The maximum atomic E-state index is 10.6. The monoisotopic (exact) mass is 550 g/mol. The summed E-state index contributed by atoms with van der Waals surface area (Å²) in [4.78, 5) is 10.6. The van der Waals surface area contributed by atoms with Crippen LogP contribution in [-0.2, 0) is 22.1 Å². The Hall–Kier alpha value is -2.78. The van der Waals surface area contributed by atoms with Crippen LogP contribution < -0.4 is 0 Å². The van der Waals surface area contributed by atoms with E-state index in [2.05, 4.69) is 77.1 Å². The predicted octanol–water partition coefficient (Wildman–Crippen LogP) is 8.93. The van der Waals surface area contributed by atoms with Gasteiger partial charge in [-0.2, -0.15) is 5.26 Å². The van der Waals surface area contributed by atoms with Gasteiger partial charge in [0.15, 0.2) is 16.4 Å². The van der Waals surface area contributed by atoms with E-state index in [9.17, 15) is 10.1 Å². The highest BCUT2D eigenvalue weighted by molar-refractivity contribution is 6.84. The minimum atomic E-state index is -1.69. The molecule has 0 bridgehead atoms. The molecular weight excluding hydrogens is 501 g/mol. The predicted molar refractivity (Wildman–Crippen MR) is 168 cm³/mol. The Morgan fingerprint density at radius 2 is 1.32 bits per heavy atom. The van der Waals surface area contributed by atoms with Gasteiger partial charge in [0.1, 0.15) is 11.4 Å². The summed E-state index contributed by atoms with van der Waals surface area (Å²) in [6.07, 6.45) is 3.17. The molecule has 2 rings (SSSR count). The third-order valence-electron chi connectivity index (χ3n) is 6.12. The van der Waals surface area contributed by atoms with Crippen molar-refractivity contribution in [2.45, 2.75) is 97.3 Å².